The minimum atomic E-state index is -1.96. The molecule has 4 aliphatic rings. The summed E-state index contributed by atoms with van der Waals surface area (Å²) in [5.41, 5.74) is 2.16. The fraction of sp³-hybridized carbons (Fsp3) is 0.811. The molecule has 254 valence electrons. The highest BCUT2D eigenvalue weighted by Crippen LogP contribution is 2.69. The van der Waals surface area contributed by atoms with Gasteiger partial charge in [-0.15, -0.1) is 0 Å². The summed E-state index contributed by atoms with van der Waals surface area (Å²) >= 11 is 0. The van der Waals surface area contributed by atoms with Gasteiger partial charge in [-0.1, -0.05) is 49.3 Å². The maximum atomic E-state index is 7.51. The van der Waals surface area contributed by atoms with Crippen LogP contribution in [0.25, 0.3) is 0 Å². The Labute approximate surface area is 279 Å². The lowest BCUT2D eigenvalue weighted by Crippen LogP contribution is -2.62. The second-order valence-electron chi connectivity index (χ2n) is 18.5. The zero-order chi connectivity index (χ0) is 32.9. The van der Waals surface area contributed by atoms with Gasteiger partial charge in [0.1, 0.15) is 17.9 Å². The predicted molar refractivity (Wildman–Crippen MR) is 195 cm³/mol. The lowest BCUT2D eigenvalue weighted by molar-refractivity contribution is -0.139. The van der Waals surface area contributed by atoms with Crippen LogP contribution in [0.1, 0.15) is 77.2 Å². The molecule has 0 aliphatic heterocycles. The Bertz CT molecular complexity index is 1190. The summed E-state index contributed by atoms with van der Waals surface area (Å²) in [6, 6.07) is 10.4. The highest BCUT2D eigenvalue weighted by Gasteiger charge is 2.68. The molecule has 8 heteroatoms. The smallest absolute Gasteiger partial charge is 0.185 e. The molecule has 5 nitrogen and oxygen atoms in total. The van der Waals surface area contributed by atoms with Crippen molar-refractivity contribution in [3.8, 4) is 0 Å². The minimum Gasteiger partial charge on any atom is -0.415 e. The monoisotopic (exact) mass is 671 g/mol. The van der Waals surface area contributed by atoms with E-state index in [2.05, 4.69) is 97.0 Å². The highest BCUT2D eigenvalue weighted by molar-refractivity contribution is 6.70. The van der Waals surface area contributed by atoms with E-state index in [1.165, 1.54) is 51.4 Å². The zero-order valence-electron chi connectivity index (χ0n) is 30.6. The lowest BCUT2D eigenvalue weighted by atomic mass is 9.44. The molecular formula is C37H65NO4Si3. The van der Waals surface area contributed by atoms with Crippen molar-refractivity contribution in [2.75, 3.05) is 6.61 Å². The van der Waals surface area contributed by atoms with Gasteiger partial charge in [-0.3, -0.25) is 0 Å². The molecule has 0 aromatic heterocycles. The van der Waals surface area contributed by atoms with Crippen LogP contribution in [-0.2, 0) is 24.7 Å². The molecule has 1 aromatic carbocycles. The Morgan fingerprint density at radius 3 is 2.11 bits per heavy atom. The molecule has 1 aromatic rings. The summed E-state index contributed by atoms with van der Waals surface area (Å²) in [4.78, 5) is 6.21. The second kappa shape index (κ2) is 12.9. The summed E-state index contributed by atoms with van der Waals surface area (Å²) in [7, 11) is -5.29. The Kier molecular flexibility index (Phi) is 10.2. The summed E-state index contributed by atoms with van der Waals surface area (Å²) in [5, 5.41) is 5.02. The van der Waals surface area contributed by atoms with Crippen molar-refractivity contribution in [1.82, 2.24) is 0 Å². The Morgan fingerprint density at radius 1 is 0.778 bits per heavy atom. The molecule has 0 heterocycles. The van der Waals surface area contributed by atoms with Crippen LogP contribution >= 0.6 is 0 Å². The van der Waals surface area contributed by atoms with Gasteiger partial charge < -0.3 is 18.1 Å². The van der Waals surface area contributed by atoms with E-state index >= 15 is 0 Å². The first kappa shape index (κ1) is 35.5. The van der Waals surface area contributed by atoms with Gasteiger partial charge in [0, 0.05) is 11.5 Å². The van der Waals surface area contributed by atoms with E-state index in [0.717, 1.165) is 35.4 Å². The topological polar surface area (TPSA) is 49.3 Å². The largest absolute Gasteiger partial charge is 0.415 e. The van der Waals surface area contributed by atoms with Crippen molar-refractivity contribution in [3.05, 3.63) is 35.9 Å². The molecule has 4 fully saturated rings. The first-order chi connectivity index (χ1) is 20.9. The van der Waals surface area contributed by atoms with Crippen LogP contribution in [0.15, 0.2) is 35.5 Å². The minimum absolute atomic E-state index is 0.0214. The van der Waals surface area contributed by atoms with Crippen molar-refractivity contribution < 1.29 is 18.1 Å². The third kappa shape index (κ3) is 7.61. The zero-order valence-corrected chi connectivity index (χ0v) is 33.6. The van der Waals surface area contributed by atoms with Crippen LogP contribution in [0, 0.1) is 34.5 Å². The standard InChI is InChI=1S/C37H65NO4Si3/c1-35-22-19-30(41-44(6,7)8)25-29(35)17-18-31-32(35)20-23-36(2)33(31)21-24-37(36,42-45(9,10)11)34(27-40-43(3,4)5)38-39-26-28-15-13-12-14-16-28/h12-16,29-33H,17-27H2,1-11H3/b38-34+/t29?,30?,31-,32+,33+,35+,36+,37+/m1/s1. The summed E-state index contributed by atoms with van der Waals surface area (Å²) < 4.78 is 20.9. The van der Waals surface area contributed by atoms with E-state index < -0.39 is 30.6 Å². The van der Waals surface area contributed by atoms with Gasteiger partial charge in [0.2, 0.25) is 0 Å². The molecular weight excluding hydrogens is 607 g/mol. The van der Waals surface area contributed by atoms with Crippen LogP contribution in [-0.4, -0.2) is 49.0 Å². The van der Waals surface area contributed by atoms with Crippen LogP contribution in [0.3, 0.4) is 0 Å². The van der Waals surface area contributed by atoms with E-state index in [1.54, 1.807) is 0 Å². The van der Waals surface area contributed by atoms with Crippen molar-refractivity contribution >= 4 is 30.7 Å². The van der Waals surface area contributed by atoms with E-state index in [0.29, 0.717) is 30.7 Å². The van der Waals surface area contributed by atoms with Gasteiger partial charge in [0.05, 0.1) is 6.61 Å². The lowest BCUT2D eigenvalue weighted by Gasteiger charge is -2.62. The average molecular weight is 672 g/mol. The van der Waals surface area contributed by atoms with Crippen LogP contribution < -0.4 is 0 Å². The number of fused-ring (bicyclic) bond motifs is 5. The molecule has 4 saturated carbocycles. The molecule has 5 rings (SSSR count). The maximum absolute atomic E-state index is 7.51. The fourth-order valence-corrected chi connectivity index (χ4v) is 13.6. The van der Waals surface area contributed by atoms with Crippen molar-refractivity contribution in [1.29, 1.82) is 0 Å². The number of rotatable bonds is 11. The van der Waals surface area contributed by atoms with Gasteiger partial charge >= 0.3 is 0 Å². The number of hydrogen-bond acceptors (Lipinski definition) is 5. The first-order valence-electron chi connectivity index (χ1n) is 18.1. The van der Waals surface area contributed by atoms with Crippen LogP contribution in [0.5, 0.6) is 0 Å². The molecule has 0 N–H and O–H groups in total. The Morgan fingerprint density at radius 2 is 1.47 bits per heavy atom. The van der Waals surface area contributed by atoms with Gasteiger partial charge in [0.15, 0.2) is 25.0 Å². The number of benzene rings is 1. The summed E-state index contributed by atoms with van der Waals surface area (Å²) in [5.74, 6) is 3.01. The van der Waals surface area contributed by atoms with Crippen LogP contribution in [0.2, 0.25) is 58.9 Å². The van der Waals surface area contributed by atoms with E-state index in [4.69, 9.17) is 23.3 Å². The molecule has 0 spiro atoms. The van der Waals surface area contributed by atoms with Crippen molar-refractivity contribution in [2.24, 2.45) is 39.7 Å². The quantitative estimate of drug-likeness (QED) is 0.133. The maximum Gasteiger partial charge on any atom is 0.185 e. The molecule has 0 radical (unpaired) electrons. The Balaban J connectivity index is 1.45. The van der Waals surface area contributed by atoms with E-state index in [-0.39, 0.29) is 5.41 Å². The van der Waals surface area contributed by atoms with Gasteiger partial charge in [0.25, 0.3) is 0 Å². The average Bonchev–Trinajstić information content (AvgIpc) is 3.21. The molecule has 45 heavy (non-hydrogen) atoms. The van der Waals surface area contributed by atoms with Gasteiger partial charge in [-0.25, -0.2) is 0 Å². The predicted octanol–water partition coefficient (Wildman–Crippen LogP) is 10.3. The fourth-order valence-electron chi connectivity index (χ4n) is 10.3. The summed E-state index contributed by atoms with van der Waals surface area (Å²) in [6.45, 7) is 27.2. The van der Waals surface area contributed by atoms with Gasteiger partial charge in [-0.05, 0) is 151 Å². The van der Waals surface area contributed by atoms with E-state index in [9.17, 15) is 0 Å². The third-order valence-corrected chi connectivity index (χ3v) is 15.1. The van der Waals surface area contributed by atoms with E-state index in [1.807, 2.05) is 6.07 Å². The first-order valence-corrected chi connectivity index (χ1v) is 28.3. The van der Waals surface area contributed by atoms with Crippen molar-refractivity contribution in [3.63, 3.8) is 0 Å². The molecule has 0 amide bonds. The third-order valence-electron chi connectivity index (χ3n) is 12.1. The highest BCUT2D eigenvalue weighted by atomic mass is 28.4. The normalized spacial score (nSPS) is 37.5. The SMILES string of the molecule is C[C@]12CCC(O[Si](C)(C)C)CC1CC[C@@H]1[C@@H]2CC[C@@]2(C)[C@H]1CC[C@]2(O[Si](C)(C)C)/C(CO[Si](C)(C)C)=N/OCc1ccccc1. The van der Waals surface area contributed by atoms with Crippen LogP contribution in [0.4, 0.5) is 0 Å². The number of hydrogen-bond donors (Lipinski definition) is 0. The van der Waals surface area contributed by atoms with Gasteiger partial charge in [-0.2, -0.15) is 0 Å². The Hall–Kier alpha value is -0.779. The molecule has 2 unspecified atom stereocenters. The molecule has 4 aliphatic carbocycles. The second-order valence-corrected chi connectivity index (χ2v) is 31.9. The number of nitrogens with zero attached hydrogens (tertiary/aromatic N) is 1. The molecule has 8 atom stereocenters. The summed E-state index contributed by atoms with van der Waals surface area (Å²) in [6.07, 6.45) is 11.8. The molecule has 0 saturated heterocycles. The number of oxime groups is 1. The van der Waals surface area contributed by atoms with Crippen molar-refractivity contribution in [2.45, 2.75) is 149 Å². The molecule has 0 bridgehead atoms.